The van der Waals surface area contributed by atoms with E-state index in [0.29, 0.717) is 18.6 Å². The van der Waals surface area contributed by atoms with Gasteiger partial charge in [0.15, 0.2) is 11.6 Å². The van der Waals surface area contributed by atoms with E-state index in [1.165, 1.54) is 4.90 Å². The molecular weight excluding hydrogens is 478 g/mol. The number of amides is 2. The molecule has 1 aromatic rings. The molecule has 1 heterocycles. The molecular formula is C24H32F2N4O4S. The van der Waals surface area contributed by atoms with Crippen LogP contribution in [0.4, 0.5) is 8.78 Å². The molecule has 5 atom stereocenters. The van der Waals surface area contributed by atoms with Gasteiger partial charge in [-0.2, -0.15) is 9.98 Å². The summed E-state index contributed by atoms with van der Waals surface area (Å²) in [5.74, 6) is -3.60. The molecule has 1 aliphatic carbocycles. The van der Waals surface area contributed by atoms with Gasteiger partial charge in [-0.25, -0.2) is 17.2 Å². The molecule has 11 heteroatoms. The fourth-order valence-electron chi connectivity index (χ4n) is 4.93. The predicted octanol–water partition coefficient (Wildman–Crippen LogP) is 2.56. The maximum absolute atomic E-state index is 13.8. The normalized spacial score (nSPS) is 24.8. The Hall–Kier alpha value is -2.58. The van der Waals surface area contributed by atoms with Gasteiger partial charge in [0.25, 0.3) is 0 Å². The first-order chi connectivity index (χ1) is 16.1. The number of sulfonamides is 1. The molecule has 0 bridgehead atoms. The summed E-state index contributed by atoms with van der Waals surface area (Å²) in [7, 11) is -4.39. The van der Waals surface area contributed by atoms with Crippen LogP contribution >= 0.6 is 0 Å². The molecule has 0 aromatic heterocycles. The number of nitriles is 1. The van der Waals surface area contributed by atoms with Crippen LogP contribution in [0.15, 0.2) is 23.1 Å². The highest BCUT2D eigenvalue weighted by atomic mass is 32.2. The molecule has 3 rings (SSSR count). The van der Waals surface area contributed by atoms with Crippen molar-refractivity contribution in [3.8, 4) is 6.07 Å². The van der Waals surface area contributed by atoms with Gasteiger partial charge in [-0.1, -0.05) is 41.5 Å². The Morgan fingerprint density at radius 3 is 2.40 bits per heavy atom. The Bertz CT molecular complexity index is 1170. The van der Waals surface area contributed by atoms with Crippen molar-refractivity contribution in [3.63, 3.8) is 0 Å². The first-order valence-corrected chi connectivity index (χ1v) is 13.0. The number of carbonyl (C=O) groups is 2. The standard InChI is InChI=1S/C24H32F2N4O4S/c1-7-13(11-27)28-21(31)19-18-15(24(18,5)6)12-30(19)22(32)20(23(2,3)4)29-35(33,34)14-8-9-16(25)17(26)10-14/h8-10,13,15,18-20,29H,7,12H2,1-6H3,(H,28,31)/t13-,15-,18-,19-,20+/m0/s1. The maximum atomic E-state index is 13.8. The van der Waals surface area contributed by atoms with Crippen LogP contribution in [0, 0.1) is 45.6 Å². The monoisotopic (exact) mass is 510 g/mol. The zero-order valence-corrected chi connectivity index (χ0v) is 21.5. The summed E-state index contributed by atoms with van der Waals surface area (Å²) in [6.45, 7) is 11.1. The molecule has 2 fully saturated rings. The molecule has 192 valence electrons. The first kappa shape index (κ1) is 27.0. The van der Waals surface area contributed by atoms with Gasteiger partial charge in [0, 0.05) is 6.54 Å². The van der Waals surface area contributed by atoms with Crippen LogP contribution in [-0.2, 0) is 19.6 Å². The van der Waals surface area contributed by atoms with Gasteiger partial charge in [0.05, 0.1) is 11.0 Å². The molecule has 8 nitrogen and oxygen atoms in total. The molecule has 2 amide bonds. The van der Waals surface area contributed by atoms with E-state index in [-0.39, 0.29) is 23.8 Å². The fraction of sp³-hybridized carbons (Fsp3) is 0.625. The van der Waals surface area contributed by atoms with E-state index in [9.17, 15) is 32.0 Å². The van der Waals surface area contributed by atoms with Crippen LogP contribution in [0.25, 0.3) is 0 Å². The second-order valence-corrected chi connectivity index (χ2v) is 12.7. The van der Waals surface area contributed by atoms with E-state index in [1.807, 2.05) is 19.9 Å². The number of fused-ring (bicyclic) bond motifs is 1. The Labute approximate surface area is 205 Å². The van der Waals surface area contributed by atoms with E-state index in [2.05, 4.69) is 10.0 Å². The summed E-state index contributed by atoms with van der Waals surface area (Å²) in [6, 6.07) is 1.36. The number of benzene rings is 1. The predicted molar refractivity (Wildman–Crippen MR) is 124 cm³/mol. The van der Waals surface area contributed by atoms with Gasteiger partial charge < -0.3 is 10.2 Å². The van der Waals surface area contributed by atoms with Crippen molar-refractivity contribution in [2.45, 2.75) is 71.0 Å². The molecule has 1 saturated carbocycles. The van der Waals surface area contributed by atoms with Crippen LogP contribution in [0.3, 0.4) is 0 Å². The lowest BCUT2D eigenvalue weighted by atomic mass is 9.86. The van der Waals surface area contributed by atoms with Gasteiger partial charge >= 0.3 is 0 Å². The lowest BCUT2D eigenvalue weighted by Crippen LogP contribution is -2.59. The van der Waals surface area contributed by atoms with Crippen LogP contribution in [-0.4, -0.2) is 49.8 Å². The van der Waals surface area contributed by atoms with E-state index in [4.69, 9.17) is 0 Å². The summed E-state index contributed by atoms with van der Waals surface area (Å²) >= 11 is 0. The Kier molecular flexibility index (Phi) is 7.05. The van der Waals surface area contributed by atoms with Crippen molar-refractivity contribution in [1.82, 2.24) is 14.9 Å². The number of likely N-dealkylation sites (tertiary alicyclic amines) is 1. The number of hydrogen-bond acceptors (Lipinski definition) is 5. The third-order valence-corrected chi connectivity index (χ3v) is 8.65. The molecule has 2 N–H and O–H groups in total. The number of nitrogens with zero attached hydrogens (tertiary/aromatic N) is 2. The van der Waals surface area contributed by atoms with Crippen molar-refractivity contribution in [3.05, 3.63) is 29.8 Å². The zero-order valence-electron chi connectivity index (χ0n) is 20.7. The lowest BCUT2D eigenvalue weighted by Gasteiger charge is -2.37. The summed E-state index contributed by atoms with van der Waals surface area (Å²) in [5, 5.41) is 12.0. The highest BCUT2D eigenvalue weighted by Gasteiger charge is 2.69. The van der Waals surface area contributed by atoms with Crippen LogP contribution in [0.5, 0.6) is 0 Å². The molecule has 0 spiro atoms. The topological polar surface area (TPSA) is 119 Å². The molecule has 2 aliphatic rings. The van der Waals surface area contributed by atoms with Crippen molar-refractivity contribution < 1.29 is 26.8 Å². The third-order valence-electron chi connectivity index (χ3n) is 7.23. The van der Waals surface area contributed by atoms with Gasteiger partial charge in [-0.3, -0.25) is 9.59 Å². The Morgan fingerprint density at radius 1 is 1.26 bits per heavy atom. The van der Waals surface area contributed by atoms with Crippen molar-refractivity contribution in [2.24, 2.45) is 22.7 Å². The number of carbonyl (C=O) groups excluding carboxylic acids is 2. The summed E-state index contributed by atoms with van der Waals surface area (Å²) in [5.41, 5.74) is -1.08. The van der Waals surface area contributed by atoms with Crippen LogP contribution in [0.1, 0.15) is 48.0 Å². The number of halogens is 2. The summed E-state index contributed by atoms with van der Waals surface area (Å²) in [6.07, 6.45) is 0.402. The quantitative estimate of drug-likeness (QED) is 0.584. The van der Waals surface area contributed by atoms with Gasteiger partial charge in [-0.05, 0) is 47.3 Å². The minimum Gasteiger partial charge on any atom is -0.339 e. The largest absolute Gasteiger partial charge is 0.339 e. The second kappa shape index (κ2) is 9.13. The van der Waals surface area contributed by atoms with Crippen LogP contribution in [0.2, 0.25) is 0 Å². The Balaban J connectivity index is 1.92. The minimum absolute atomic E-state index is 0.0628. The third kappa shape index (κ3) is 5.05. The molecule has 1 saturated heterocycles. The van der Waals surface area contributed by atoms with E-state index in [1.54, 1.807) is 27.7 Å². The summed E-state index contributed by atoms with van der Waals surface area (Å²) < 4.78 is 55.4. The number of piperidine rings is 1. The average molecular weight is 511 g/mol. The highest BCUT2D eigenvalue weighted by molar-refractivity contribution is 7.89. The SMILES string of the molecule is CC[C@@H](C#N)NC(=O)[C@@H]1[C@@H]2[C@H](CN1C(=O)[C@@H](NS(=O)(=O)c1ccc(F)c(F)c1)C(C)(C)C)C2(C)C. The first-order valence-electron chi connectivity index (χ1n) is 11.5. The Morgan fingerprint density at radius 2 is 1.89 bits per heavy atom. The van der Waals surface area contributed by atoms with E-state index >= 15 is 0 Å². The van der Waals surface area contributed by atoms with E-state index < -0.39 is 61.9 Å². The lowest BCUT2D eigenvalue weighted by molar-refractivity contribution is -0.143. The zero-order chi connectivity index (χ0) is 26.5. The van der Waals surface area contributed by atoms with Crippen molar-refractivity contribution in [1.29, 1.82) is 5.26 Å². The number of nitrogens with one attached hydrogen (secondary N) is 2. The number of hydrogen-bond donors (Lipinski definition) is 2. The highest BCUT2D eigenvalue weighted by Crippen LogP contribution is 2.65. The fourth-order valence-corrected chi connectivity index (χ4v) is 6.33. The smallest absolute Gasteiger partial charge is 0.244 e. The summed E-state index contributed by atoms with van der Waals surface area (Å²) in [4.78, 5) is 27.8. The van der Waals surface area contributed by atoms with Crippen LogP contribution < -0.4 is 10.0 Å². The van der Waals surface area contributed by atoms with Gasteiger partial charge in [0.1, 0.15) is 18.1 Å². The molecule has 1 aromatic carbocycles. The maximum Gasteiger partial charge on any atom is 0.244 e. The molecule has 0 unspecified atom stereocenters. The average Bonchev–Trinajstić information content (AvgIpc) is 3.10. The van der Waals surface area contributed by atoms with E-state index in [0.717, 1.165) is 6.07 Å². The molecule has 0 radical (unpaired) electrons. The molecule has 1 aliphatic heterocycles. The second-order valence-electron chi connectivity index (χ2n) is 11.0. The number of rotatable bonds is 7. The molecule has 35 heavy (non-hydrogen) atoms. The minimum atomic E-state index is -4.39. The van der Waals surface area contributed by atoms with Crippen molar-refractivity contribution in [2.75, 3.05) is 6.54 Å². The van der Waals surface area contributed by atoms with Gasteiger partial charge in [0.2, 0.25) is 21.8 Å². The van der Waals surface area contributed by atoms with Crippen molar-refractivity contribution >= 4 is 21.8 Å². The van der Waals surface area contributed by atoms with Gasteiger partial charge in [-0.15, -0.1) is 0 Å².